The molecule has 0 bridgehead atoms. The van der Waals surface area contributed by atoms with Gasteiger partial charge < -0.3 is 25.2 Å². The van der Waals surface area contributed by atoms with Gasteiger partial charge in [-0.05, 0) is 47.6 Å². The lowest BCUT2D eigenvalue weighted by molar-refractivity contribution is -0.149. The lowest BCUT2D eigenvalue weighted by Crippen LogP contribution is -2.61. The number of nitrogens with one attached hydrogen (secondary N) is 2. The lowest BCUT2D eigenvalue weighted by Gasteiger charge is -2.32. The third kappa shape index (κ3) is 6.18. The molecule has 0 saturated heterocycles. The number of aliphatic carboxylic acids is 1. The van der Waals surface area contributed by atoms with Gasteiger partial charge in [-0.15, -0.1) is 0 Å². The highest BCUT2D eigenvalue weighted by atomic mass is 16.5. The zero-order chi connectivity index (χ0) is 28.7. The van der Waals surface area contributed by atoms with Crippen LogP contribution in [-0.4, -0.2) is 47.4 Å². The van der Waals surface area contributed by atoms with Crippen LogP contribution in [0.15, 0.2) is 78.9 Å². The molecule has 40 heavy (non-hydrogen) atoms. The summed E-state index contributed by atoms with van der Waals surface area (Å²) in [5, 5.41) is 15.1. The van der Waals surface area contributed by atoms with E-state index in [0.29, 0.717) is 0 Å². The predicted octanol–water partition coefficient (Wildman–Crippen LogP) is 5.26. The molecule has 0 saturated carbocycles. The molecule has 1 aliphatic carbocycles. The van der Waals surface area contributed by atoms with Crippen molar-refractivity contribution in [2.75, 3.05) is 6.61 Å². The van der Waals surface area contributed by atoms with Crippen LogP contribution < -0.4 is 10.6 Å². The summed E-state index contributed by atoms with van der Waals surface area (Å²) in [6.07, 6.45) is -1.20. The Labute approximate surface area is 234 Å². The van der Waals surface area contributed by atoms with Gasteiger partial charge in [0.05, 0.1) is 12.7 Å². The van der Waals surface area contributed by atoms with Gasteiger partial charge in [-0.25, -0.2) is 9.59 Å². The quantitative estimate of drug-likeness (QED) is 0.287. The van der Waals surface area contributed by atoms with Crippen molar-refractivity contribution in [2.24, 2.45) is 0 Å². The summed E-state index contributed by atoms with van der Waals surface area (Å²) in [7, 11) is 0. The summed E-state index contributed by atoms with van der Waals surface area (Å²) < 4.78 is 11.6. The van der Waals surface area contributed by atoms with E-state index in [4.69, 9.17) is 9.47 Å². The maximum absolute atomic E-state index is 13.4. The number of amides is 2. The minimum atomic E-state index is -1.46. The van der Waals surface area contributed by atoms with Crippen LogP contribution in [0, 0.1) is 0 Å². The van der Waals surface area contributed by atoms with Crippen LogP contribution in [0.25, 0.3) is 11.1 Å². The van der Waals surface area contributed by atoms with Crippen LogP contribution in [-0.2, 0) is 25.7 Å². The number of carboxylic acids is 1. The molecule has 3 aromatic rings. The van der Waals surface area contributed by atoms with Crippen molar-refractivity contribution in [1.29, 1.82) is 0 Å². The molecule has 210 valence electrons. The van der Waals surface area contributed by atoms with Gasteiger partial charge in [-0.2, -0.15) is 0 Å². The van der Waals surface area contributed by atoms with Crippen molar-refractivity contribution in [2.45, 2.75) is 63.8 Å². The molecule has 2 amide bonds. The number of rotatable bonds is 12. The maximum Gasteiger partial charge on any atom is 0.407 e. The number of carboxylic acid groups (broad SMARTS) is 1. The van der Waals surface area contributed by atoms with E-state index in [1.807, 2.05) is 66.7 Å². The molecule has 3 N–H and O–H groups in total. The number of carbonyl (C=O) groups excluding carboxylic acids is 2. The van der Waals surface area contributed by atoms with Crippen LogP contribution in [0.2, 0.25) is 0 Å². The minimum Gasteiger partial charge on any atom is -0.480 e. The van der Waals surface area contributed by atoms with Gasteiger partial charge in [0.2, 0.25) is 5.91 Å². The molecule has 0 aliphatic heterocycles. The molecular weight excluding hydrogens is 508 g/mol. The van der Waals surface area contributed by atoms with Crippen LogP contribution in [0.3, 0.4) is 0 Å². The van der Waals surface area contributed by atoms with Gasteiger partial charge >= 0.3 is 12.1 Å². The molecule has 2 atom stereocenters. The third-order valence-corrected chi connectivity index (χ3v) is 7.70. The predicted molar refractivity (Wildman–Crippen MR) is 152 cm³/mol. The number of hydrogen-bond donors (Lipinski definition) is 3. The average Bonchev–Trinajstić information content (AvgIpc) is 3.30. The minimum absolute atomic E-state index is 0.0798. The number of ether oxygens (including phenoxy) is 2. The second-order valence-corrected chi connectivity index (χ2v) is 10.0. The summed E-state index contributed by atoms with van der Waals surface area (Å²) in [5.41, 5.74) is 3.80. The first-order chi connectivity index (χ1) is 19.3. The molecule has 4 rings (SSSR count). The Morgan fingerprint density at radius 2 is 1.43 bits per heavy atom. The van der Waals surface area contributed by atoms with Gasteiger partial charge in [-0.1, -0.05) is 92.7 Å². The van der Waals surface area contributed by atoms with Crippen molar-refractivity contribution >= 4 is 18.0 Å². The normalized spacial score (nSPS) is 14.0. The first-order valence-corrected chi connectivity index (χ1v) is 13.6. The monoisotopic (exact) mass is 544 g/mol. The highest BCUT2D eigenvalue weighted by molar-refractivity contribution is 5.91. The Balaban J connectivity index is 1.48. The molecule has 0 aromatic heterocycles. The molecule has 1 aliphatic rings. The van der Waals surface area contributed by atoms with E-state index in [0.717, 1.165) is 27.8 Å². The van der Waals surface area contributed by atoms with Crippen molar-refractivity contribution < 1.29 is 29.0 Å². The van der Waals surface area contributed by atoms with Crippen LogP contribution in [0.1, 0.15) is 56.2 Å². The van der Waals surface area contributed by atoms with Crippen molar-refractivity contribution in [3.05, 3.63) is 95.6 Å². The second-order valence-electron chi connectivity index (χ2n) is 10.0. The van der Waals surface area contributed by atoms with Crippen LogP contribution in [0.5, 0.6) is 0 Å². The largest absolute Gasteiger partial charge is 0.480 e. The average molecular weight is 545 g/mol. The van der Waals surface area contributed by atoms with Gasteiger partial charge in [-0.3, -0.25) is 4.79 Å². The van der Waals surface area contributed by atoms with E-state index in [1.165, 1.54) is 0 Å². The fraction of sp³-hybridized carbons (Fsp3) is 0.344. The van der Waals surface area contributed by atoms with Gasteiger partial charge in [0.1, 0.15) is 18.2 Å². The fourth-order valence-electron chi connectivity index (χ4n) is 5.16. The molecule has 0 radical (unpaired) electrons. The van der Waals surface area contributed by atoms with E-state index in [9.17, 15) is 19.5 Å². The number of alkyl carbamates (subject to hydrolysis) is 1. The number of hydrogen-bond acceptors (Lipinski definition) is 5. The standard InChI is InChI=1S/C32H36N2O6/c1-4-32(5-2,30(36)37)34-29(35)28(21(3)39-19-22-13-7-6-8-14-22)33-31(38)40-20-27-25-17-11-9-15-23(25)24-16-10-12-18-26(24)27/h6-18,21,27-28H,4-5,19-20H2,1-3H3,(H,33,38)(H,34,35)(H,36,37). The molecule has 3 aromatic carbocycles. The van der Waals surface area contributed by atoms with Gasteiger partial charge in [0.15, 0.2) is 0 Å². The Hall–Kier alpha value is -4.17. The highest BCUT2D eigenvalue weighted by Crippen LogP contribution is 2.44. The van der Waals surface area contributed by atoms with Crippen LogP contribution in [0.4, 0.5) is 4.79 Å². The van der Waals surface area contributed by atoms with Crippen LogP contribution >= 0.6 is 0 Å². The summed E-state index contributed by atoms with van der Waals surface area (Å²) in [6, 6.07) is 24.3. The maximum atomic E-state index is 13.4. The summed E-state index contributed by atoms with van der Waals surface area (Å²) in [5.74, 6) is -1.93. The second kappa shape index (κ2) is 12.8. The Morgan fingerprint density at radius 1 is 0.875 bits per heavy atom. The Bertz CT molecular complexity index is 1290. The Kier molecular flexibility index (Phi) is 9.22. The zero-order valence-electron chi connectivity index (χ0n) is 23.1. The van der Waals surface area contributed by atoms with E-state index in [-0.39, 0.29) is 32.0 Å². The molecule has 8 heteroatoms. The molecule has 0 fully saturated rings. The summed E-state index contributed by atoms with van der Waals surface area (Å²) >= 11 is 0. The van der Waals surface area contributed by atoms with E-state index < -0.39 is 35.7 Å². The molecule has 2 unspecified atom stereocenters. The summed E-state index contributed by atoms with van der Waals surface area (Å²) in [6.45, 7) is 5.35. The van der Waals surface area contributed by atoms with Gasteiger partial charge in [0.25, 0.3) is 0 Å². The molecule has 0 spiro atoms. The molecule has 0 heterocycles. The van der Waals surface area contributed by atoms with E-state index >= 15 is 0 Å². The van der Waals surface area contributed by atoms with Crippen molar-refractivity contribution in [1.82, 2.24) is 10.6 Å². The SMILES string of the molecule is CCC(CC)(NC(=O)C(NC(=O)OCC1c2ccccc2-c2ccccc21)C(C)OCc1ccccc1)C(=O)O. The number of carbonyl (C=O) groups is 3. The van der Waals surface area contributed by atoms with E-state index in [1.54, 1.807) is 20.8 Å². The molecule has 8 nitrogen and oxygen atoms in total. The molecular formula is C32H36N2O6. The summed E-state index contributed by atoms with van der Waals surface area (Å²) in [4.78, 5) is 38.5. The lowest BCUT2D eigenvalue weighted by atomic mass is 9.92. The zero-order valence-corrected chi connectivity index (χ0v) is 23.1. The number of benzene rings is 3. The van der Waals surface area contributed by atoms with Gasteiger partial charge in [0, 0.05) is 5.92 Å². The first-order valence-electron chi connectivity index (χ1n) is 13.6. The fourth-order valence-corrected chi connectivity index (χ4v) is 5.16. The van der Waals surface area contributed by atoms with Crippen molar-refractivity contribution in [3.8, 4) is 11.1 Å². The smallest absolute Gasteiger partial charge is 0.407 e. The topological polar surface area (TPSA) is 114 Å². The Morgan fingerprint density at radius 3 is 1.98 bits per heavy atom. The van der Waals surface area contributed by atoms with E-state index in [2.05, 4.69) is 22.8 Å². The first kappa shape index (κ1) is 28.8. The highest BCUT2D eigenvalue weighted by Gasteiger charge is 2.40. The number of fused-ring (bicyclic) bond motifs is 3. The van der Waals surface area contributed by atoms with Crippen molar-refractivity contribution in [3.63, 3.8) is 0 Å². The third-order valence-electron chi connectivity index (χ3n) is 7.70.